The SMILES string of the molecule is COC(=O)C1=C(N2CCOCC2)C(=O)N(S(=O)(=O)c2ccccc2)C1=O. The van der Waals surface area contributed by atoms with Gasteiger partial charge >= 0.3 is 5.97 Å². The normalized spacial score (nSPS) is 18.5. The van der Waals surface area contributed by atoms with Crippen molar-refractivity contribution in [1.29, 1.82) is 0 Å². The average Bonchev–Trinajstić information content (AvgIpc) is 2.93. The second-order valence-electron chi connectivity index (χ2n) is 5.51. The van der Waals surface area contributed by atoms with E-state index in [0.717, 1.165) is 7.11 Å². The number of carbonyl (C=O) groups excluding carboxylic acids is 3. The maximum Gasteiger partial charge on any atom is 0.345 e. The van der Waals surface area contributed by atoms with Crippen LogP contribution in [0.2, 0.25) is 0 Å². The number of nitrogens with zero attached hydrogens (tertiary/aromatic N) is 2. The highest BCUT2D eigenvalue weighted by Crippen LogP contribution is 2.30. The van der Waals surface area contributed by atoms with Crippen LogP contribution in [-0.4, -0.2) is 68.8 Å². The molecule has 138 valence electrons. The van der Waals surface area contributed by atoms with Crippen molar-refractivity contribution in [2.24, 2.45) is 0 Å². The number of benzene rings is 1. The minimum atomic E-state index is -4.46. The number of morpholine rings is 1. The number of rotatable bonds is 4. The van der Waals surface area contributed by atoms with Gasteiger partial charge in [-0.3, -0.25) is 9.59 Å². The van der Waals surface area contributed by atoms with Crippen LogP contribution in [0.5, 0.6) is 0 Å². The topological polar surface area (TPSA) is 110 Å². The number of sulfonamides is 1. The van der Waals surface area contributed by atoms with Crippen LogP contribution < -0.4 is 0 Å². The molecule has 0 spiro atoms. The largest absolute Gasteiger partial charge is 0.465 e. The Morgan fingerprint density at radius 2 is 1.69 bits per heavy atom. The molecular formula is C16H16N2O7S. The summed E-state index contributed by atoms with van der Waals surface area (Å²) in [6.07, 6.45) is 0. The Balaban J connectivity index is 2.08. The number of hydrogen-bond donors (Lipinski definition) is 0. The van der Waals surface area contributed by atoms with Gasteiger partial charge in [0.05, 0.1) is 25.2 Å². The number of carbonyl (C=O) groups is 3. The smallest absolute Gasteiger partial charge is 0.345 e. The summed E-state index contributed by atoms with van der Waals surface area (Å²) < 4.78 is 35.5. The summed E-state index contributed by atoms with van der Waals surface area (Å²) in [6.45, 7) is 1.05. The lowest BCUT2D eigenvalue weighted by Crippen LogP contribution is -2.42. The molecule has 10 heteroatoms. The Morgan fingerprint density at radius 1 is 1.08 bits per heavy atom. The lowest BCUT2D eigenvalue weighted by molar-refractivity contribution is -0.138. The maximum atomic E-state index is 12.8. The molecule has 2 heterocycles. The number of imide groups is 1. The van der Waals surface area contributed by atoms with E-state index in [9.17, 15) is 22.8 Å². The summed E-state index contributed by atoms with van der Waals surface area (Å²) in [5.41, 5.74) is -0.858. The van der Waals surface area contributed by atoms with Gasteiger partial charge in [-0.1, -0.05) is 18.2 Å². The van der Waals surface area contributed by atoms with Crippen molar-refractivity contribution < 1.29 is 32.3 Å². The van der Waals surface area contributed by atoms with E-state index in [0.29, 0.717) is 0 Å². The molecule has 0 aromatic heterocycles. The molecule has 2 aliphatic rings. The fourth-order valence-electron chi connectivity index (χ4n) is 2.78. The molecule has 2 aliphatic heterocycles. The Kier molecular flexibility index (Phi) is 4.79. The van der Waals surface area contributed by atoms with E-state index < -0.39 is 33.4 Å². The second kappa shape index (κ2) is 6.89. The summed E-state index contributed by atoms with van der Waals surface area (Å²) in [6, 6.07) is 7.07. The van der Waals surface area contributed by atoms with Gasteiger partial charge in [0.15, 0.2) is 5.57 Å². The quantitative estimate of drug-likeness (QED) is 0.391. The van der Waals surface area contributed by atoms with Crippen molar-refractivity contribution in [3.63, 3.8) is 0 Å². The van der Waals surface area contributed by atoms with E-state index >= 15 is 0 Å². The highest BCUT2D eigenvalue weighted by molar-refractivity contribution is 7.90. The zero-order valence-corrected chi connectivity index (χ0v) is 14.7. The summed E-state index contributed by atoms with van der Waals surface area (Å²) in [4.78, 5) is 38.9. The second-order valence-corrected chi connectivity index (χ2v) is 7.29. The van der Waals surface area contributed by atoms with E-state index in [1.807, 2.05) is 0 Å². The van der Waals surface area contributed by atoms with Crippen LogP contribution in [0.4, 0.5) is 0 Å². The van der Waals surface area contributed by atoms with Crippen molar-refractivity contribution in [3.8, 4) is 0 Å². The summed E-state index contributed by atoms with van der Waals surface area (Å²) >= 11 is 0. The number of methoxy groups -OCH3 is 1. The standard InChI is InChI=1S/C16H16N2O7S/c1-24-16(21)12-13(17-7-9-25-10-8-17)15(20)18(14(12)19)26(22,23)11-5-3-2-4-6-11/h2-6H,7-10H2,1H3. The van der Waals surface area contributed by atoms with E-state index in [1.165, 1.54) is 29.2 Å². The third-order valence-electron chi connectivity index (χ3n) is 4.02. The van der Waals surface area contributed by atoms with Gasteiger partial charge in [-0.2, -0.15) is 4.31 Å². The van der Waals surface area contributed by atoms with Gasteiger partial charge in [0.25, 0.3) is 21.8 Å². The first-order chi connectivity index (χ1) is 12.4. The Labute approximate surface area is 149 Å². The number of ether oxygens (including phenoxy) is 2. The Hall–Kier alpha value is -2.72. The maximum absolute atomic E-state index is 12.8. The molecule has 0 radical (unpaired) electrons. The number of hydrogen-bond acceptors (Lipinski definition) is 8. The van der Waals surface area contributed by atoms with Crippen LogP contribution in [0.25, 0.3) is 0 Å². The first kappa shape index (κ1) is 18.1. The van der Waals surface area contributed by atoms with Crippen LogP contribution in [0.3, 0.4) is 0 Å². The predicted octanol–water partition coefficient (Wildman–Crippen LogP) is -0.497. The molecule has 26 heavy (non-hydrogen) atoms. The van der Waals surface area contributed by atoms with Crippen molar-refractivity contribution in [2.45, 2.75) is 4.90 Å². The van der Waals surface area contributed by atoms with Crippen LogP contribution in [0.15, 0.2) is 46.5 Å². The fraction of sp³-hybridized carbons (Fsp3) is 0.312. The van der Waals surface area contributed by atoms with E-state index in [1.54, 1.807) is 6.07 Å². The first-order valence-corrected chi connectivity index (χ1v) is 9.18. The first-order valence-electron chi connectivity index (χ1n) is 7.74. The average molecular weight is 380 g/mol. The summed E-state index contributed by atoms with van der Waals surface area (Å²) in [5.74, 6) is -3.34. The fourth-order valence-corrected chi connectivity index (χ4v) is 4.11. The van der Waals surface area contributed by atoms with Gasteiger partial charge in [0.1, 0.15) is 5.70 Å². The lowest BCUT2D eigenvalue weighted by Gasteiger charge is -2.29. The molecule has 1 saturated heterocycles. The molecule has 0 N–H and O–H groups in total. The summed E-state index contributed by atoms with van der Waals surface area (Å²) in [5, 5.41) is 0. The highest BCUT2D eigenvalue weighted by atomic mass is 32.2. The summed E-state index contributed by atoms with van der Waals surface area (Å²) in [7, 11) is -3.40. The van der Waals surface area contributed by atoms with E-state index in [4.69, 9.17) is 4.74 Å². The van der Waals surface area contributed by atoms with Crippen molar-refractivity contribution >= 4 is 27.8 Å². The van der Waals surface area contributed by atoms with Crippen LogP contribution in [0.1, 0.15) is 0 Å². The van der Waals surface area contributed by atoms with Gasteiger partial charge in [0.2, 0.25) is 0 Å². The molecule has 2 amide bonds. The Morgan fingerprint density at radius 3 is 2.27 bits per heavy atom. The van der Waals surface area contributed by atoms with Crippen molar-refractivity contribution in [1.82, 2.24) is 9.21 Å². The van der Waals surface area contributed by atoms with Crippen LogP contribution in [0, 0.1) is 0 Å². The third-order valence-corrected chi connectivity index (χ3v) is 5.70. The molecule has 0 unspecified atom stereocenters. The molecule has 0 atom stereocenters. The molecule has 0 bridgehead atoms. The molecule has 0 saturated carbocycles. The number of amides is 2. The molecule has 1 aromatic carbocycles. The van der Waals surface area contributed by atoms with Crippen LogP contribution >= 0.6 is 0 Å². The Bertz CT molecular complexity index is 886. The zero-order valence-electron chi connectivity index (χ0n) is 13.9. The van der Waals surface area contributed by atoms with E-state index in [-0.39, 0.29) is 41.2 Å². The lowest BCUT2D eigenvalue weighted by atomic mass is 10.2. The zero-order chi connectivity index (χ0) is 18.9. The highest BCUT2D eigenvalue weighted by Gasteiger charge is 2.50. The van der Waals surface area contributed by atoms with Crippen molar-refractivity contribution in [2.75, 3.05) is 33.4 Å². The minimum Gasteiger partial charge on any atom is -0.465 e. The monoisotopic (exact) mass is 380 g/mol. The minimum absolute atomic E-state index is 0.124. The molecular weight excluding hydrogens is 364 g/mol. The van der Waals surface area contributed by atoms with Gasteiger partial charge in [0, 0.05) is 13.1 Å². The molecule has 3 rings (SSSR count). The van der Waals surface area contributed by atoms with Gasteiger partial charge < -0.3 is 14.4 Å². The third kappa shape index (κ3) is 2.86. The van der Waals surface area contributed by atoms with Gasteiger partial charge in [-0.15, -0.1) is 0 Å². The molecule has 9 nitrogen and oxygen atoms in total. The number of esters is 1. The molecule has 1 fully saturated rings. The predicted molar refractivity (Wildman–Crippen MR) is 86.9 cm³/mol. The molecule has 0 aliphatic carbocycles. The van der Waals surface area contributed by atoms with E-state index in [2.05, 4.69) is 4.74 Å². The van der Waals surface area contributed by atoms with Gasteiger partial charge in [-0.05, 0) is 12.1 Å². The van der Waals surface area contributed by atoms with Crippen LogP contribution in [-0.2, 0) is 33.9 Å². The van der Waals surface area contributed by atoms with Crippen molar-refractivity contribution in [3.05, 3.63) is 41.6 Å². The van der Waals surface area contributed by atoms with Gasteiger partial charge in [-0.25, -0.2) is 13.2 Å². The molecule has 1 aromatic rings.